The molecule has 27 heavy (non-hydrogen) atoms. The quantitative estimate of drug-likeness (QED) is 0.506. The Morgan fingerprint density at radius 3 is 1.96 bits per heavy atom. The summed E-state index contributed by atoms with van der Waals surface area (Å²) in [5, 5.41) is 10.9. The van der Waals surface area contributed by atoms with Gasteiger partial charge in [-0.2, -0.15) is 0 Å². The summed E-state index contributed by atoms with van der Waals surface area (Å²) >= 11 is 0. The first-order valence-corrected chi connectivity index (χ1v) is 10.4. The fraction of sp³-hybridized carbons (Fsp3) is 0.500. The molecule has 2 atom stereocenters. The van der Waals surface area contributed by atoms with Gasteiger partial charge in [-0.25, -0.2) is 0 Å². The fourth-order valence-corrected chi connectivity index (χ4v) is 3.54. The maximum absolute atomic E-state index is 3.80. The van der Waals surface area contributed by atoms with Gasteiger partial charge in [0.15, 0.2) is 0 Å². The Hall–Kier alpha value is -1.68. The Labute approximate surface area is 166 Å². The minimum atomic E-state index is 0.433. The number of likely N-dealkylation sites (N-methyl/N-ethyl adjacent to an activating group) is 1. The average Bonchev–Trinajstić information content (AvgIpc) is 2.67. The zero-order valence-electron chi connectivity index (χ0n) is 17.2. The molecular weight excluding hydrogens is 330 g/mol. The van der Waals surface area contributed by atoms with Crippen molar-refractivity contribution in [3.05, 3.63) is 71.8 Å². The summed E-state index contributed by atoms with van der Waals surface area (Å²) in [6.07, 6.45) is 3.32. The summed E-state index contributed by atoms with van der Waals surface area (Å²) in [5.41, 5.74) is 2.79. The van der Waals surface area contributed by atoms with Crippen LogP contribution in [0.4, 0.5) is 0 Å². The van der Waals surface area contributed by atoms with Gasteiger partial charge in [0.1, 0.15) is 0 Å². The van der Waals surface area contributed by atoms with E-state index >= 15 is 0 Å². The fourth-order valence-electron chi connectivity index (χ4n) is 3.54. The van der Waals surface area contributed by atoms with Crippen molar-refractivity contribution in [1.82, 2.24) is 16.0 Å². The molecule has 0 aromatic heterocycles. The van der Waals surface area contributed by atoms with Gasteiger partial charge in [0.2, 0.25) is 0 Å². The van der Waals surface area contributed by atoms with E-state index in [1.54, 1.807) is 0 Å². The molecule has 3 heteroatoms. The summed E-state index contributed by atoms with van der Waals surface area (Å²) in [6, 6.07) is 22.5. The lowest BCUT2D eigenvalue weighted by molar-refractivity contribution is 0.375. The van der Waals surface area contributed by atoms with Crippen LogP contribution in [-0.4, -0.2) is 38.8 Å². The number of rotatable bonds is 13. The van der Waals surface area contributed by atoms with Crippen LogP contribution in [0.2, 0.25) is 0 Å². The highest BCUT2D eigenvalue weighted by Crippen LogP contribution is 2.07. The van der Waals surface area contributed by atoms with Crippen molar-refractivity contribution < 1.29 is 0 Å². The molecular formula is C24H37N3. The number of hydrogen-bond donors (Lipinski definition) is 3. The predicted octanol–water partition coefficient (Wildman–Crippen LogP) is 3.65. The second-order valence-electron chi connectivity index (χ2n) is 7.87. The molecule has 3 nitrogen and oxygen atoms in total. The van der Waals surface area contributed by atoms with Gasteiger partial charge in [0, 0.05) is 25.2 Å². The van der Waals surface area contributed by atoms with E-state index in [0.717, 1.165) is 32.5 Å². The van der Waals surface area contributed by atoms with E-state index in [2.05, 4.69) is 90.5 Å². The van der Waals surface area contributed by atoms with Crippen LogP contribution in [0.25, 0.3) is 0 Å². The first-order valence-electron chi connectivity index (χ1n) is 10.4. The van der Waals surface area contributed by atoms with Crippen molar-refractivity contribution in [2.45, 2.75) is 45.2 Å². The van der Waals surface area contributed by atoms with Gasteiger partial charge in [0.05, 0.1) is 0 Å². The van der Waals surface area contributed by atoms with Gasteiger partial charge in [-0.3, -0.25) is 0 Å². The highest BCUT2D eigenvalue weighted by molar-refractivity contribution is 5.17. The monoisotopic (exact) mass is 367 g/mol. The molecule has 0 bridgehead atoms. The summed E-state index contributed by atoms with van der Waals surface area (Å²) < 4.78 is 0. The van der Waals surface area contributed by atoms with Crippen molar-refractivity contribution in [3.8, 4) is 0 Å². The van der Waals surface area contributed by atoms with Crippen LogP contribution in [0.5, 0.6) is 0 Å². The Bertz CT molecular complexity index is 598. The van der Waals surface area contributed by atoms with Crippen LogP contribution in [0.15, 0.2) is 60.7 Å². The molecule has 0 saturated carbocycles. The van der Waals surface area contributed by atoms with Crippen molar-refractivity contribution in [1.29, 1.82) is 0 Å². The predicted molar refractivity (Wildman–Crippen MR) is 117 cm³/mol. The summed E-state index contributed by atoms with van der Waals surface area (Å²) in [7, 11) is 2.04. The molecule has 0 heterocycles. The Morgan fingerprint density at radius 2 is 1.37 bits per heavy atom. The molecule has 0 aliphatic heterocycles. The lowest BCUT2D eigenvalue weighted by Crippen LogP contribution is -2.47. The van der Waals surface area contributed by atoms with Crippen LogP contribution < -0.4 is 16.0 Å². The third-order valence-electron chi connectivity index (χ3n) is 4.87. The molecule has 0 aliphatic rings. The minimum Gasteiger partial charge on any atom is -0.318 e. The van der Waals surface area contributed by atoms with Crippen molar-refractivity contribution in [2.75, 3.05) is 26.7 Å². The lowest BCUT2D eigenvalue weighted by Gasteiger charge is -2.25. The molecule has 0 aliphatic carbocycles. The van der Waals surface area contributed by atoms with Gasteiger partial charge >= 0.3 is 0 Å². The van der Waals surface area contributed by atoms with Crippen LogP contribution in [0.1, 0.15) is 31.4 Å². The highest BCUT2D eigenvalue weighted by Gasteiger charge is 2.14. The van der Waals surface area contributed by atoms with Gasteiger partial charge in [-0.05, 0) is 49.9 Å². The maximum Gasteiger partial charge on any atom is 0.0233 e. The van der Waals surface area contributed by atoms with E-state index in [1.807, 2.05) is 7.05 Å². The van der Waals surface area contributed by atoms with Crippen molar-refractivity contribution in [3.63, 3.8) is 0 Å². The smallest absolute Gasteiger partial charge is 0.0233 e. The van der Waals surface area contributed by atoms with E-state index in [9.17, 15) is 0 Å². The first kappa shape index (κ1) is 21.6. The second-order valence-corrected chi connectivity index (χ2v) is 7.87. The third kappa shape index (κ3) is 9.18. The first-order chi connectivity index (χ1) is 13.2. The van der Waals surface area contributed by atoms with E-state index < -0.39 is 0 Å². The zero-order valence-corrected chi connectivity index (χ0v) is 17.2. The molecule has 3 N–H and O–H groups in total. The maximum atomic E-state index is 3.80. The van der Waals surface area contributed by atoms with E-state index in [0.29, 0.717) is 18.0 Å². The molecule has 0 unspecified atom stereocenters. The van der Waals surface area contributed by atoms with Crippen molar-refractivity contribution in [2.24, 2.45) is 5.92 Å². The Balaban J connectivity index is 1.89. The molecule has 148 valence electrons. The zero-order chi connectivity index (χ0) is 19.3. The summed E-state index contributed by atoms with van der Waals surface area (Å²) in [4.78, 5) is 0. The molecule has 0 radical (unpaired) electrons. The largest absolute Gasteiger partial charge is 0.318 e. The second kappa shape index (κ2) is 12.7. The normalized spacial score (nSPS) is 13.6. The molecule has 0 amide bonds. The minimum absolute atomic E-state index is 0.433. The number of benzene rings is 2. The topological polar surface area (TPSA) is 36.1 Å². The van der Waals surface area contributed by atoms with Crippen LogP contribution in [0.3, 0.4) is 0 Å². The Kier molecular flexibility index (Phi) is 10.1. The summed E-state index contributed by atoms with van der Waals surface area (Å²) in [5.74, 6) is 0.703. The van der Waals surface area contributed by atoms with Crippen LogP contribution in [-0.2, 0) is 12.8 Å². The molecule has 0 fully saturated rings. The van der Waals surface area contributed by atoms with Crippen LogP contribution >= 0.6 is 0 Å². The van der Waals surface area contributed by atoms with E-state index in [1.165, 1.54) is 17.5 Å². The standard InChI is InChI=1S/C24H37N3/c1-20(2)16-23(18-25-3)27-19-24(17-22-12-8-5-9-13-22)26-15-14-21-10-6-4-7-11-21/h4-13,20,23-27H,14-19H2,1-3H3/t23-,24-/m0/s1. The number of hydrogen-bond acceptors (Lipinski definition) is 3. The molecule has 2 aromatic rings. The molecule has 2 rings (SSSR count). The SMILES string of the molecule is CNC[C@H](CC(C)C)NC[C@H](Cc1ccccc1)NCCc1ccccc1. The van der Waals surface area contributed by atoms with Gasteiger partial charge in [-0.15, -0.1) is 0 Å². The molecule has 2 aromatic carbocycles. The van der Waals surface area contributed by atoms with Gasteiger partial charge < -0.3 is 16.0 Å². The lowest BCUT2D eigenvalue weighted by atomic mass is 10.0. The number of nitrogens with one attached hydrogen (secondary N) is 3. The average molecular weight is 368 g/mol. The third-order valence-corrected chi connectivity index (χ3v) is 4.87. The van der Waals surface area contributed by atoms with Gasteiger partial charge in [-0.1, -0.05) is 74.5 Å². The molecule has 0 spiro atoms. The van der Waals surface area contributed by atoms with Crippen molar-refractivity contribution >= 4 is 0 Å². The van der Waals surface area contributed by atoms with E-state index in [-0.39, 0.29) is 0 Å². The highest BCUT2D eigenvalue weighted by atomic mass is 15.0. The Morgan fingerprint density at radius 1 is 0.741 bits per heavy atom. The molecule has 0 saturated heterocycles. The van der Waals surface area contributed by atoms with Crippen LogP contribution in [0, 0.1) is 5.92 Å². The summed E-state index contributed by atoms with van der Waals surface area (Å²) in [6.45, 7) is 7.60. The van der Waals surface area contributed by atoms with E-state index in [4.69, 9.17) is 0 Å². The van der Waals surface area contributed by atoms with Gasteiger partial charge in [0.25, 0.3) is 0 Å².